The first kappa shape index (κ1) is 18.7. The molecule has 2 rings (SSSR count). The zero-order valence-corrected chi connectivity index (χ0v) is 15.5. The summed E-state index contributed by atoms with van der Waals surface area (Å²) >= 11 is 5.43. The lowest BCUT2D eigenvalue weighted by Gasteiger charge is -2.24. The lowest BCUT2D eigenvalue weighted by molar-refractivity contribution is -0.116. The average molecular weight is 357 g/mol. The van der Waals surface area contributed by atoms with Crippen LogP contribution >= 0.6 is 12.2 Å². The van der Waals surface area contributed by atoms with Crippen LogP contribution in [0.5, 0.6) is 5.75 Å². The van der Waals surface area contributed by atoms with Crippen molar-refractivity contribution in [1.29, 1.82) is 0 Å². The number of likely N-dealkylation sites (N-methyl/N-ethyl adjacent to an activating group) is 1. The maximum absolute atomic E-state index is 12.3. The molecule has 0 saturated carbocycles. The molecule has 0 bridgehead atoms. The number of ether oxygens (including phenoxy) is 1. The van der Waals surface area contributed by atoms with Crippen LogP contribution in [0.25, 0.3) is 0 Å². The lowest BCUT2D eigenvalue weighted by Crippen LogP contribution is -2.40. The minimum atomic E-state index is -0.125. The highest BCUT2D eigenvalue weighted by Gasteiger charge is 2.13. The van der Waals surface area contributed by atoms with E-state index in [1.54, 1.807) is 31.4 Å². The summed E-state index contributed by atoms with van der Waals surface area (Å²) in [6.45, 7) is 4.80. The van der Waals surface area contributed by atoms with Gasteiger partial charge in [0.2, 0.25) is 5.91 Å². The minimum Gasteiger partial charge on any atom is -0.497 e. The van der Waals surface area contributed by atoms with Gasteiger partial charge in [0.25, 0.3) is 0 Å². The van der Waals surface area contributed by atoms with E-state index in [4.69, 9.17) is 17.0 Å². The summed E-state index contributed by atoms with van der Waals surface area (Å²) in [5.74, 6) is 0.622. The second-order valence-corrected chi connectivity index (χ2v) is 5.98. The average Bonchev–Trinajstić information content (AvgIpc) is 2.60. The third-order valence-electron chi connectivity index (χ3n) is 3.65. The van der Waals surface area contributed by atoms with Crippen molar-refractivity contribution in [2.24, 2.45) is 0 Å². The molecule has 5 nitrogen and oxygen atoms in total. The fraction of sp³-hybridized carbons (Fsp3) is 0.263. The monoisotopic (exact) mass is 357 g/mol. The quantitative estimate of drug-likeness (QED) is 0.773. The van der Waals surface area contributed by atoms with Gasteiger partial charge in [0.15, 0.2) is 5.11 Å². The van der Waals surface area contributed by atoms with Crippen LogP contribution in [0.1, 0.15) is 12.5 Å². The van der Waals surface area contributed by atoms with Crippen LogP contribution in [0.3, 0.4) is 0 Å². The van der Waals surface area contributed by atoms with Crippen molar-refractivity contribution >= 4 is 34.6 Å². The Morgan fingerprint density at radius 3 is 2.44 bits per heavy atom. The molecule has 2 aromatic carbocycles. The van der Waals surface area contributed by atoms with E-state index < -0.39 is 0 Å². The Bertz CT molecular complexity index is 732. The van der Waals surface area contributed by atoms with E-state index in [1.165, 1.54) is 0 Å². The smallest absolute Gasteiger partial charge is 0.243 e. The fourth-order valence-electron chi connectivity index (χ4n) is 2.30. The van der Waals surface area contributed by atoms with Gasteiger partial charge in [-0.25, -0.2) is 0 Å². The number of nitrogens with zero attached hydrogens (tertiary/aromatic N) is 1. The number of benzene rings is 2. The van der Waals surface area contributed by atoms with Crippen LogP contribution in [0.15, 0.2) is 48.5 Å². The Hall–Kier alpha value is -2.60. The van der Waals surface area contributed by atoms with E-state index in [2.05, 4.69) is 10.6 Å². The normalized spacial score (nSPS) is 10.0. The summed E-state index contributed by atoms with van der Waals surface area (Å²) in [5.41, 5.74) is 2.78. The number of carbonyl (C=O) groups excluding carboxylic acids is 1. The van der Waals surface area contributed by atoms with Crippen LogP contribution in [-0.4, -0.2) is 36.1 Å². The number of nitrogens with one attached hydrogen (secondary N) is 2. The van der Waals surface area contributed by atoms with Crippen molar-refractivity contribution in [3.8, 4) is 5.75 Å². The summed E-state index contributed by atoms with van der Waals surface area (Å²) in [6.07, 6.45) is 0. The number of rotatable bonds is 6. The molecule has 0 saturated heterocycles. The number of carbonyl (C=O) groups is 1. The molecule has 0 spiro atoms. The van der Waals surface area contributed by atoms with E-state index in [-0.39, 0.29) is 12.5 Å². The van der Waals surface area contributed by atoms with Crippen molar-refractivity contribution in [3.63, 3.8) is 0 Å². The maximum atomic E-state index is 12.3. The zero-order valence-electron chi connectivity index (χ0n) is 14.7. The van der Waals surface area contributed by atoms with Crippen LogP contribution < -0.4 is 15.4 Å². The fourth-order valence-corrected chi connectivity index (χ4v) is 2.61. The molecule has 0 heterocycles. The van der Waals surface area contributed by atoms with Gasteiger partial charge < -0.3 is 20.3 Å². The van der Waals surface area contributed by atoms with Crippen LogP contribution in [0.2, 0.25) is 0 Å². The van der Waals surface area contributed by atoms with Crippen molar-refractivity contribution in [2.45, 2.75) is 13.8 Å². The van der Waals surface area contributed by atoms with Gasteiger partial charge in [-0.15, -0.1) is 0 Å². The first-order valence-corrected chi connectivity index (χ1v) is 8.49. The molecule has 6 heteroatoms. The number of thiocarbonyl (C=S) groups is 1. The molecule has 0 radical (unpaired) electrons. The van der Waals surface area contributed by atoms with E-state index in [9.17, 15) is 4.79 Å². The molecule has 25 heavy (non-hydrogen) atoms. The Kier molecular flexibility index (Phi) is 6.77. The molecule has 0 unspecified atom stereocenters. The van der Waals surface area contributed by atoms with Gasteiger partial charge in [-0.3, -0.25) is 4.79 Å². The zero-order chi connectivity index (χ0) is 18.2. The number of aryl methyl sites for hydroxylation is 1. The third kappa shape index (κ3) is 5.76. The van der Waals surface area contributed by atoms with E-state index in [0.29, 0.717) is 11.7 Å². The summed E-state index contributed by atoms with van der Waals surface area (Å²) < 4.78 is 5.11. The minimum absolute atomic E-state index is 0.125. The number of hydrogen-bond donors (Lipinski definition) is 2. The van der Waals surface area contributed by atoms with Gasteiger partial charge in [-0.05, 0) is 68.0 Å². The molecular formula is C19H23N3O2S. The summed E-state index contributed by atoms with van der Waals surface area (Å²) in [7, 11) is 1.61. The molecule has 0 aromatic heterocycles. The molecule has 0 aliphatic heterocycles. The van der Waals surface area contributed by atoms with Crippen molar-refractivity contribution in [2.75, 3.05) is 30.8 Å². The van der Waals surface area contributed by atoms with E-state index in [0.717, 1.165) is 22.7 Å². The Balaban J connectivity index is 1.92. The first-order valence-electron chi connectivity index (χ1n) is 8.08. The predicted octanol–water partition coefficient (Wildman–Crippen LogP) is 3.66. The van der Waals surface area contributed by atoms with Gasteiger partial charge in [0, 0.05) is 17.9 Å². The number of methoxy groups -OCH3 is 1. The SMILES string of the molecule is CCN(CC(=O)Nc1ccc(OC)cc1)C(=S)Nc1cccc(C)c1. The highest BCUT2D eigenvalue weighted by molar-refractivity contribution is 7.80. The van der Waals surface area contributed by atoms with Gasteiger partial charge in [0.1, 0.15) is 5.75 Å². The topological polar surface area (TPSA) is 53.6 Å². The molecule has 132 valence electrons. The molecule has 2 aromatic rings. The molecule has 0 aliphatic carbocycles. The Morgan fingerprint density at radius 1 is 1.12 bits per heavy atom. The molecular weight excluding hydrogens is 334 g/mol. The largest absolute Gasteiger partial charge is 0.497 e. The summed E-state index contributed by atoms with van der Waals surface area (Å²) in [4.78, 5) is 14.1. The number of anilines is 2. The second-order valence-electron chi connectivity index (χ2n) is 5.59. The van der Waals surface area contributed by atoms with Crippen molar-refractivity contribution in [3.05, 3.63) is 54.1 Å². The van der Waals surface area contributed by atoms with E-state index in [1.807, 2.05) is 43.0 Å². The van der Waals surface area contributed by atoms with Crippen molar-refractivity contribution < 1.29 is 9.53 Å². The summed E-state index contributed by atoms with van der Waals surface area (Å²) in [5, 5.41) is 6.57. The maximum Gasteiger partial charge on any atom is 0.243 e. The highest BCUT2D eigenvalue weighted by atomic mass is 32.1. The molecule has 0 aliphatic rings. The van der Waals surface area contributed by atoms with Crippen molar-refractivity contribution in [1.82, 2.24) is 4.90 Å². The van der Waals surface area contributed by atoms with Gasteiger partial charge in [-0.1, -0.05) is 12.1 Å². The predicted molar refractivity (Wildman–Crippen MR) is 106 cm³/mol. The highest BCUT2D eigenvalue weighted by Crippen LogP contribution is 2.15. The standard InChI is InChI=1S/C19H23N3O2S/c1-4-22(19(25)21-16-7-5-6-14(2)12-16)13-18(23)20-15-8-10-17(24-3)11-9-15/h5-12H,4,13H2,1-3H3,(H,20,23)(H,21,25). The van der Waals surface area contributed by atoms with Gasteiger partial charge >= 0.3 is 0 Å². The molecule has 2 N–H and O–H groups in total. The van der Waals surface area contributed by atoms with Gasteiger partial charge in [-0.2, -0.15) is 0 Å². The lowest BCUT2D eigenvalue weighted by atomic mass is 10.2. The van der Waals surface area contributed by atoms with E-state index >= 15 is 0 Å². The number of hydrogen-bond acceptors (Lipinski definition) is 3. The van der Waals surface area contributed by atoms with Crippen LogP contribution in [0.4, 0.5) is 11.4 Å². The second kappa shape index (κ2) is 9.03. The molecule has 1 amide bonds. The first-order chi connectivity index (χ1) is 12.0. The molecule has 0 atom stereocenters. The van der Waals surface area contributed by atoms with Crippen LogP contribution in [-0.2, 0) is 4.79 Å². The van der Waals surface area contributed by atoms with Crippen LogP contribution in [0, 0.1) is 6.92 Å². The molecule has 0 fully saturated rings. The Morgan fingerprint density at radius 2 is 1.84 bits per heavy atom. The summed E-state index contributed by atoms with van der Waals surface area (Å²) in [6, 6.07) is 15.2. The van der Waals surface area contributed by atoms with Gasteiger partial charge in [0.05, 0.1) is 13.7 Å². The number of amides is 1. The third-order valence-corrected chi connectivity index (χ3v) is 4.01. The Labute approximate surface area is 154 Å².